The summed E-state index contributed by atoms with van der Waals surface area (Å²) in [6.45, 7) is 2.02. The van der Waals surface area contributed by atoms with Gasteiger partial charge in [0.15, 0.2) is 0 Å². The molecule has 3 nitrogen and oxygen atoms in total. The minimum atomic E-state index is 0.725. The van der Waals surface area contributed by atoms with Gasteiger partial charge < -0.3 is 10.3 Å². The Morgan fingerprint density at radius 3 is 2.45 bits per heavy atom. The van der Waals surface area contributed by atoms with Crippen molar-refractivity contribution in [3.63, 3.8) is 0 Å². The lowest BCUT2D eigenvalue weighted by atomic mass is 10.0. The van der Waals surface area contributed by atoms with Crippen LogP contribution >= 0.6 is 0 Å². The molecule has 0 radical (unpaired) electrons. The lowest BCUT2D eigenvalue weighted by Crippen LogP contribution is -2.09. The molecule has 2 N–H and O–H groups in total. The van der Waals surface area contributed by atoms with E-state index in [1.165, 1.54) is 0 Å². The van der Waals surface area contributed by atoms with E-state index in [-0.39, 0.29) is 0 Å². The molecule has 0 aliphatic heterocycles. The zero-order valence-electron chi connectivity index (χ0n) is 11.1. The van der Waals surface area contributed by atoms with Crippen molar-refractivity contribution in [2.45, 2.75) is 6.92 Å². The second kappa shape index (κ2) is 3.90. The monoisotopic (exact) mass is 262 g/mol. The molecule has 0 fully saturated rings. The maximum atomic E-state index is 6.16. The summed E-state index contributed by atoms with van der Waals surface area (Å²) in [6, 6.07) is 18.3. The summed E-state index contributed by atoms with van der Waals surface area (Å²) in [5.74, 6) is 6.16. The van der Waals surface area contributed by atoms with E-state index in [0.29, 0.717) is 0 Å². The molecule has 0 atom stereocenters. The van der Waals surface area contributed by atoms with Crippen molar-refractivity contribution < 1.29 is 4.42 Å². The first-order valence-corrected chi connectivity index (χ1v) is 6.60. The number of hydrogen-bond acceptors (Lipinski definition) is 2. The summed E-state index contributed by atoms with van der Waals surface area (Å²) in [4.78, 5) is 0. The first kappa shape index (κ1) is 11.2. The van der Waals surface area contributed by atoms with Gasteiger partial charge in [-0.2, -0.15) is 0 Å². The molecule has 0 saturated carbocycles. The first-order valence-electron chi connectivity index (χ1n) is 6.60. The van der Waals surface area contributed by atoms with Crippen LogP contribution in [0.2, 0.25) is 0 Å². The Morgan fingerprint density at radius 1 is 0.950 bits per heavy atom. The number of hydrogen-bond donors (Lipinski definition) is 1. The van der Waals surface area contributed by atoms with Gasteiger partial charge in [0.25, 0.3) is 0 Å². The van der Waals surface area contributed by atoms with Crippen LogP contribution in [0.15, 0.2) is 59.0 Å². The standard InChI is InChI=1S/C17H14N2O/c1-11-15(12-7-3-2-4-8-12)16-13-9-5-6-10-14(13)20-17(16)19(11)18/h2-10H,18H2,1H3. The molecular formula is C17H14N2O. The quantitative estimate of drug-likeness (QED) is 0.525. The fraction of sp³-hybridized carbons (Fsp3) is 0.0588. The molecule has 4 rings (SSSR count). The highest BCUT2D eigenvalue weighted by molar-refractivity contribution is 6.13. The summed E-state index contributed by atoms with van der Waals surface area (Å²) >= 11 is 0. The Labute approximate surface area is 116 Å². The number of fused-ring (bicyclic) bond motifs is 3. The Bertz CT molecular complexity index is 916. The molecule has 0 saturated heterocycles. The fourth-order valence-corrected chi connectivity index (χ4v) is 2.86. The van der Waals surface area contributed by atoms with Crippen LogP contribution in [0, 0.1) is 6.92 Å². The molecule has 98 valence electrons. The molecule has 4 aromatic rings. The average molecular weight is 262 g/mol. The van der Waals surface area contributed by atoms with E-state index in [1.807, 2.05) is 43.3 Å². The van der Waals surface area contributed by atoms with E-state index < -0.39 is 0 Å². The molecule has 20 heavy (non-hydrogen) atoms. The van der Waals surface area contributed by atoms with Gasteiger partial charge in [0, 0.05) is 16.6 Å². The minimum absolute atomic E-state index is 0.725. The van der Waals surface area contributed by atoms with Crippen molar-refractivity contribution in [1.29, 1.82) is 0 Å². The Morgan fingerprint density at radius 2 is 1.65 bits per heavy atom. The second-order valence-corrected chi connectivity index (χ2v) is 4.97. The molecule has 0 amide bonds. The lowest BCUT2D eigenvalue weighted by molar-refractivity contribution is 0.635. The number of rotatable bonds is 1. The van der Waals surface area contributed by atoms with E-state index in [4.69, 9.17) is 10.3 Å². The normalized spacial score (nSPS) is 11.4. The molecule has 0 bridgehead atoms. The zero-order chi connectivity index (χ0) is 13.7. The smallest absolute Gasteiger partial charge is 0.227 e. The van der Waals surface area contributed by atoms with Gasteiger partial charge >= 0.3 is 0 Å². The van der Waals surface area contributed by atoms with E-state index in [0.717, 1.165) is 38.9 Å². The lowest BCUT2D eigenvalue weighted by Gasteiger charge is -2.03. The van der Waals surface area contributed by atoms with Crippen molar-refractivity contribution in [2.75, 3.05) is 5.84 Å². The summed E-state index contributed by atoms with van der Waals surface area (Å²) in [5, 5.41) is 2.19. The van der Waals surface area contributed by atoms with E-state index in [9.17, 15) is 0 Å². The highest BCUT2D eigenvalue weighted by Crippen LogP contribution is 2.39. The van der Waals surface area contributed by atoms with E-state index >= 15 is 0 Å². The van der Waals surface area contributed by atoms with Crippen LogP contribution in [0.3, 0.4) is 0 Å². The van der Waals surface area contributed by atoms with E-state index in [1.54, 1.807) is 4.68 Å². The third kappa shape index (κ3) is 1.35. The van der Waals surface area contributed by atoms with Crippen molar-refractivity contribution in [3.8, 4) is 11.1 Å². The molecule has 0 aliphatic rings. The zero-order valence-corrected chi connectivity index (χ0v) is 11.1. The number of nitrogen functional groups attached to an aromatic ring is 1. The van der Waals surface area contributed by atoms with Crippen molar-refractivity contribution in [2.24, 2.45) is 0 Å². The maximum Gasteiger partial charge on any atom is 0.227 e. The number of para-hydroxylation sites is 1. The van der Waals surface area contributed by atoms with Crippen LogP contribution in [0.4, 0.5) is 0 Å². The number of aromatic nitrogens is 1. The van der Waals surface area contributed by atoms with Gasteiger partial charge in [-0.05, 0) is 18.6 Å². The first-order chi connectivity index (χ1) is 9.77. The third-order valence-electron chi connectivity index (χ3n) is 3.83. The number of furan rings is 1. The van der Waals surface area contributed by atoms with Crippen molar-refractivity contribution in [1.82, 2.24) is 4.68 Å². The van der Waals surface area contributed by atoms with Gasteiger partial charge in [0.05, 0.1) is 5.39 Å². The summed E-state index contributed by atoms with van der Waals surface area (Å²) in [5.41, 5.74) is 4.91. The molecule has 3 heteroatoms. The van der Waals surface area contributed by atoms with Crippen molar-refractivity contribution >= 4 is 22.1 Å². The van der Waals surface area contributed by atoms with Crippen molar-refractivity contribution in [3.05, 3.63) is 60.3 Å². The molecule has 0 unspecified atom stereocenters. The number of benzene rings is 2. The molecule has 2 heterocycles. The van der Waals surface area contributed by atoms with E-state index in [2.05, 4.69) is 18.2 Å². The third-order valence-corrected chi connectivity index (χ3v) is 3.83. The van der Waals surface area contributed by atoms with Gasteiger partial charge in [-0.1, -0.05) is 48.5 Å². The SMILES string of the molecule is Cc1c(-c2ccccc2)c2c3ccccc3oc2n1N. The van der Waals surface area contributed by atoms with Crippen LogP contribution in [0.5, 0.6) is 0 Å². The van der Waals surface area contributed by atoms with Crippen LogP contribution < -0.4 is 5.84 Å². The van der Waals surface area contributed by atoms with Crippen LogP contribution in [-0.2, 0) is 0 Å². The van der Waals surface area contributed by atoms with Gasteiger partial charge in [0.2, 0.25) is 5.71 Å². The number of nitrogens with two attached hydrogens (primary N) is 1. The number of nitrogens with zero attached hydrogens (tertiary/aromatic N) is 1. The highest BCUT2D eigenvalue weighted by Gasteiger charge is 2.20. The summed E-state index contributed by atoms with van der Waals surface area (Å²) in [7, 11) is 0. The predicted molar refractivity (Wildman–Crippen MR) is 82.0 cm³/mol. The van der Waals surface area contributed by atoms with Crippen LogP contribution in [0.25, 0.3) is 33.2 Å². The largest absolute Gasteiger partial charge is 0.438 e. The molecule has 2 aromatic heterocycles. The van der Waals surface area contributed by atoms with Gasteiger partial charge in [-0.15, -0.1) is 0 Å². The minimum Gasteiger partial charge on any atom is -0.438 e. The Balaban J connectivity index is 2.22. The summed E-state index contributed by atoms with van der Waals surface area (Å²) < 4.78 is 7.54. The fourth-order valence-electron chi connectivity index (χ4n) is 2.86. The molecular weight excluding hydrogens is 248 g/mol. The average Bonchev–Trinajstić information content (AvgIpc) is 2.97. The Kier molecular flexibility index (Phi) is 2.18. The van der Waals surface area contributed by atoms with Crippen LogP contribution in [-0.4, -0.2) is 4.68 Å². The highest BCUT2D eigenvalue weighted by atomic mass is 16.3. The maximum absolute atomic E-state index is 6.16. The van der Waals surface area contributed by atoms with Gasteiger partial charge in [0.1, 0.15) is 5.58 Å². The van der Waals surface area contributed by atoms with Crippen LogP contribution in [0.1, 0.15) is 5.69 Å². The van der Waals surface area contributed by atoms with Gasteiger partial charge in [-0.3, -0.25) is 0 Å². The topological polar surface area (TPSA) is 44.1 Å². The molecule has 0 spiro atoms. The predicted octanol–water partition coefficient (Wildman–Crippen LogP) is 4.08. The van der Waals surface area contributed by atoms with Gasteiger partial charge in [-0.25, -0.2) is 4.68 Å². The molecule has 0 aliphatic carbocycles. The summed E-state index contributed by atoms with van der Waals surface area (Å²) in [6.07, 6.45) is 0. The second-order valence-electron chi connectivity index (χ2n) is 4.97. The Hall–Kier alpha value is -2.68. The molecule has 2 aromatic carbocycles.